The normalized spacial score (nSPS) is 25.9. The number of hydrogen-bond acceptors (Lipinski definition) is 2. The highest BCUT2D eigenvalue weighted by Crippen LogP contribution is 2.39. The second kappa shape index (κ2) is 13.1. The summed E-state index contributed by atoms with van der Waals surface area (Å²) in [6.45, 7) is 4.46. The molecular formula is C33H44O2. The molecule has 2 fully saturated rings. The highest BCUT2D eigenvalue weighted by molar-refractivity contribution is 5.89. The van der Waals surface area contributed by atoms with Crippen molar-refractivity contribution in [2.45, 2.75) is 102 Å². The fourth-order valence-corrected chi connectivity index (χ4v) is 6.30. The van der Waals surface area contributed by atoms with Gasteiger partial charge in [-0.25, -0.2) is 4.79 Å². The third-order valence-electron chi connectivity index (χ3n) is 8.56. The molecule has 0 heterocycles. The summed E-state index contributed by atoms with van der Waals surface area (Å²) in [7, 11) is 0. The maximum atomic E-state index is 12.7. The van der Waals surface area contributed by atoms with Gasteiger partial charge >= 0.3 is 5.97 Å². The van der Waals surface area contributed by atoms with Crippen LogP contribution in [0.3, 0.4) is 0 Å². The SMILES string of the molecule is CC=CCCC1CCC(OC(=O)c2ccc(C3CCC(C[C@@H](C)c4ccccc4)CC3)cc2)CC1. The zero-order valence-corrected chi connectivity index (χ0v) is 21.8. The third kappa shape index (κ3) is 7.56. The van der Waals surface area contributed by atoms with Crippen molar-refractivity contribution in [2.75, 3.05) is 0 Å². The Morgan fingerprint density at radius 3 is 2.20 bits per heavy atom. The molecule has 1 atom stereocenters. The fraction of sp³-hybridized carbons (Fsp3) is 0.545. The summed E-state index contributed by atoms with van der Waals surface area (Å²) in [6.07, 6.45) is 17.7. The van der Waals surface area contributed by atoms with E-state index in [1.165, 1.54) is 68.9 Å². The molecule has 188 valence electrons. The van der Waals surface area contributed by atoms with E-state index < -0.39 is 0 Å². The molecule has 4 rings (SSSR count). The van der Waals surface area contributed by atoms with Gasteiger partial charge in [0.1, 0.15) is 6.10 Å². The lowest BCUT2D eigenvalue weighted by molar-refractivity contribution is 0.0162. The third-order valence-corrected chi connectivity index (χ3v) is 8.56. The number of hydrogen-bond donors (Lipinski definition) is 0. The topological polar surface area (TPSA) is 26.3 Å². The first kappa shape index (κ1) is 25.7. The van der Waals surface area contributed by atoms with E-state index in [4.69, 9.17) is 4.74 Å². The lowest BCUT2D eigenvalue weighted by Crippen LogP contribution is -2.24. The molecule has 0 aliphatic heterocycles. The summed E-state index contributed by atoms with van der Waals surface area (Å²) in [4.78, 5) is 12.7. The molecule has 0 bridgehead atoms. The molecule has 2 heteroatoms. The van der Waals surface area contributed by atoms with Crippen LogP contribution in [-0.2, 0) is 4.74 Å². The van der Waals surface area contributed by atoms with Gasteiger partial charge in [-0.1, -0.05) is 61.5 Å². The van der Waals surface area contributed by atoms with Crippen LogP contribution in [0.4, 0.5) is 0 Å². The van der Waals surface area contributed by atoms with Crippen LogP contribution in [0.5, 0.6) is 0 Å². The van der Waals surface area contributed by atoms with Gasteiger partial charge in [0.2, 0.25) is 0 Å². The Labute approximate surface area is 213 Å². The van der Waals surface area contributed by atoms with E-state index in [9.17, 15) is 4.79 Å². The Kier molecular flexibility index (Phi) is 9.63. The standard InChI is InChI=1S/C33H44O2/c1-3-4-6-9-26-14-22-32(23-15-26)35-33(34)31-20-18-30(19-21-31)29-16-12-27(13-17-29)24-25(2)28-10-7-5-8-11-28/h3-5,7-8,10-11,18-21,25-27,29,32H,6,9,12-17,22-24H2,1-2H3/t25-,26?,27?,29?,32?/m1/s1. The highest BCUT2D eigenvalue weighted by Gasteiger charge is 2.26. The van der Waals surface area contributed by atoms with Crippen LogP contribution in [0.2, 0.25) is 0 Å². The minimum Gasteiger partial charge on any atom is -0.459 e. The average molecular weight is 473 g/mol. The molecule has 0 spiro atoms. The molecule has 0 aromatic heterocycles. The van der Waals surface area contributed by atoms with Crippen molar-refractivity contribution in [1.29, 1.82) is 0 Å². The van der Waals surface area contributed by atoms with Crippen molar-refractivity contribution in [3.05, 3.63) is 83.4 Å². The summed E-state index contributed by atoms with van der Waals surface area (Å²) >= 11 is 0. The van der Waals surface area contributed by atoms with Gasteiger partial charge < -0.3 is 4.74 Å². The van der Waals surface area contributed by atoms with Crippen LogP contribution in [0.1, 0.15) is 118 Å². The van der Waals surface area contributed by atoms with Crippen LogP contribution in [0.25, 0.3) is 0 Å². The van der Waals surface area contributed by atoms with Crippen molar-refractivity contribution >= 4 is 5.97 Å². The first-order chi connectivity index (χ1) is 17.1. The van der Waals surface area contributed by atoms with Gasteiger partial charge in [-0.3, -0.25) is 0 Å². The summed E-state index contributed by atoms with van der Waals surface area (Å²) in [5.74, 6) is 2.73. The first-order valence-corrected chi connectivity index (χ1v) is 14.1. The van der Waals surface area contributed by atoms with E-state index in [0.717, 1.165) is 24.7 Å². The van der Waals surface area contributed by atoms with Gasteiger partial charge in [0, 0.05) is 0 Å². The quantitative estimate of drug-likeness (QED) is 0.268. The van der Waals surface area contributed by atoms with Crippen LogP contribution >= 0.6 is 0 Å². The van der Waals surface area contributed by atoms with E-state index >= 15 is 0 Å². The summed E-state index contributed by atoms with van der Waals surface area (Å²) in [5.41, 5.74) is 3.56. The predicted molar refractivity (Wildman–Crippen MR) is 146 cm³/mol. The van der Waals surface area contributed by atoms with E-state index in [1.54, 1.807) is 0 Å². The molecule has 2 aliphatic carbocycles. The molecule has 2 aromatic carbocycles. The van der Waals surface area contributed by atoms with Crippen molar-refractivity contribution in [3.8, 4) is 0 Å². The van der Waals surface area contributed by atoms with Gasteiger partial charge in [-0.15, -0.1) is 0 Å². The molecule has 2 saturated carbocycles. The number of carbonyl (C=O) groups is 1. The minimum atomic E-state index is -0.146. The molecule has 0 saturated heterocycles. The number of ether oxygens (including phenoxy) is 1. The number of allylic oxidation sites excluding steroid dienone is 2. The van der Waals surface area contributed by atoms with Gasteiger partial charge in [-0.2, -0.15) is 0 Å². The second-order valence-electron chi connectivity index (χ2n) is 11.1. The number of carbonyl (C=O) groups excluding carboxylic acids is 1. The fourth-order valence-electron chi connectivity index (χ4n) is 6.30. The van der Waals surface area contributed by atoms with E-state index in [2.05, 4.69) is 68.5 Å². The molecule has 0 N–H and O–H groups in total. The van der Waals surface area contributed by atoms with E-state index in [0.29, 0.717) is 17.4 Å². The zero-order valence-electron chi connectivity index (χ0n) is 21.8. The maximum Gasteiger partial charge on any atom is 0.338 e. The van der Waals surface area contributed by atoms with Crippen LogP contribution in [-0.4, -0.2) is 12.1 Å². The second-order valence-corrected chi connectivity index (χ2v) is 11.1. The minimum absolute atomic E-state index is 0.0914. The monoisotopic (exact) mass is 472 g/mol. The Hall–Kier alpha value is -2.35. The zero-order chi connectivity index (χ0) is 24.5. The van der Waals surface area contributed by atoms with Crippen LogP contribution < -0.4 is 0 Å². The van der Waals surface area contributed by atoms with Gasteiger partial charge in [-0.05, 0) is 124 Å². The molecule has 0 radical (unpaired) electrons. The molecule has 2 aromatic rings. The van der Waals surface area contributed by atoms with Gasteiger partial charge in [0.05, 0.1) is 5.56 Å². The molecular weight excluding hydrogens is 428 g/mol. The lowest BCUT2D eigenvalue weighted by atomic mass is 9.75. The Morgan fingerprint density at radius 2 is 1.54 bits per heavy atom. The largest absolute Gasteiger partial charge is 0.459 e. The summed E-state index contributed by atoms with van der Waals surface area (Å²) in [5, 5.41) is 0. The average Bonchev–Trinajstić information content (AvgIpc) is 2.91. The van der Waals surface area contributed by atoms with Gasteiger partial charge in [0.25, 0.3) is 0 Å². The van der Waals surface area contributed by atoms with Crippen molar-refractivity contribution < 1.29 is 9.53 Å². The van der Waals surface area contributed by atoms with Crippen LogP contribution in [0, 0.1) is 11.8 Å². The Morgan fingerprint density at radius 1 is 0.886 bits per heavy atom. The highest BCUT2D eigenvalue weighted by atomic mass is 16.5. The first-order valence-electron chi connectivity index (χ1n) is 14.1. The molecule has 35 heavy (non-hydrogen) atoms. The summed E-state index contributed by atoms with van der Waals surface area (Å²) in [6, 6.07) is 19.3. The molecule has 2 aliphatic rings. The Bertz CT molecular complexity index is 913. The molecule has 0 unspecified atom stereocenters. The maximum absolute atomic E-state index is 12.7. The van der Waals surface area contributed by atoms with Crippen molar-refractivity contribution in [2.24, 2.45) is 11.8 Å². The molecule has 0 amide bonds. The predicted octanol–water partition coefficient (Wildman–Crippen LogP) is 9.23. The van der Waals surface area contributed by atoms with E-state index in [-0.39, 0.29) is 12.1 Å². The number of rotatable bonds is 9. The van der Waals surface area contributed by atoms with Gasteiger partial charge in [0.15, 0.2) is 0 Å². The van der Waals surface area contributed by atoms with Crippen LogP contribution in [0.15, 0.2) is 66.7 Å². The smallest absolute Gasteiger partial charge is 0.338 e. The molecule has 2 nitrogen and oxygen atoms in total. The summed E-state index contributed by atoms with van der Waals surface area (Å²) < 4.78 is 5.87. The van der Waals surface area contributed by atoms with E-state index in [1.807, 2.05) is 12.1 Å². The Balaban J connectivity index is 1.20. The number of benzene rings is 2. The van der Waals surface area contributed by atoms with Crippen molar-refractivity contribution in [3.63, 3.8) is 0 Å². The van der Waals surface area contributed by atoms with Crippen molar-refractivity contribution in [1.82, 2.24) is 0 Å². The number of esters is 1. The lowest BCUT2D eigenvalue weighted by Gasteiger charge is -2.30.